The van der Waals surface area contributed by atoms with Crippen LogP contribution in [0.1, 0.15) is 53.9 Å². The smallest absolute Gasteiger partial charge is 0.240 e. The summed E-state index contributed by atoms with van der Waals surface area (Å²) in [5.74, 6) is 0.0376. The molecule has 4 nitrogen and oxygen atoms in total. The summed E-state index contributed by atoms with van der Waals surface area (Å²) in [6.45, 7) is 10.6. The van der Waals surface area contributed by atoms with Gasteiger partial charge in [-0.3, -0.25) is 10.1 Å². The average molecular weight is 256 g/mol. The maximum Gasteiger partial charge on any atom is 0.240 e. The molecular formula is C14H28N2O2. The fourth-order valence-corrected chi connectivity index (χ4v) is 2.12. The Bertz CT molecular complexity index is 298. The fraction of sp³-hybridized carbons (Fsp3) is 0.929. The summed E-state index contributed by atoms with van der Waals surface area (Å²) < 4.78 is 5.94. The monoisotopic (exact) mass is 256 g/mol. The quantitative estimate of drug-likeness (QED) is 0.696. The normalized spacial score (nSPS) is 19.9. The van der Waals surface area contributed by atoms with Gasteiger partial charge in [-0.25, -0.2) is 0 Å². The highest BCUT2D eigenvalue weighted by atomic mass is 16.5. The third-order valence-corrected chi connectivity index (χ3v) is 3.80. The average Bonchev–Trinajstić information content (AvgIpc) is 3.07. The number of hydrogen-bond acceptors (Lipinski definition) is 3. The van der Waals surface area contributed by atoms with Crippen LogP contribution in [0.3, 0.4) is 0 Å². The van der Waals surface area contributed by atoms with E-state index in [9.17, 15) is 4.79 Å². The van der Waals surface area contributed by atoms with Crippen molar-refractivity contribution in [2.24, 2.45) is 11.7 Å². The molecule has 0 spiro atoms. The number of hydrogen-bond donors (Lipinski definition) is 2. The molecule has 106 valence electrons. The summed E-state index contributed by atoms with van der Waals surface area (Å²) in [5.41, 5.74) is 4.74. The zero-order valence-corrected chi connectivity index (χ0v) is 12.4. The molecule has 0 saturated heterocycles. The first-order valence-corrected chi connectivity index (χ1v) is 6.95. The van der Waals surface area contributed by atoms with E-state index in [2.05, 4.69) is 12.2 Å². The predicted molar refractivity (Wildman–Crippen MR) is 73.2 cm³/mol. The van der Waals surface area contributed by atoms with Crippen molar-refractivity contribution in [1.29, 1.82) is 0 Å². The van der Waals surface area contributed by atoms with Gasteiger partial charge in [0.15, 0.2) is 0 Å². The van der Waals surface area contributed by atoms with Gasteiger partial charge in [-0.1, -0.05) is 6.92 Å². The van der Waals surface area contributed by atoms with Crippen LogP contribution >= 0.6 is 0 Å². The number of primary amides is 1. The molecule has 3 N–H and O–H groups in total. The van der Waals surface area contributed by atoms with E-state index in [0.717, 1.165) is 19.3 Å². The van der Waals surface area contributed by atoms with Gasteiger partial charge in [0.05, 0.1) is 12.2 Å². The summed E-state index contributed by atoms with van der Waals surface area (Å²) in [6.07, 6.45) is 3.02. The molecule has 1 atom stereocenters. The Balaban J connectivity index is 2.79. The Hall–Kier alpha value is -0.610. The summed E-state index contributed by atoms with van der Waals surface area (Å²) in [6, 6.07) is 0.214. The van der Waals surface area contributed by atoms with Crippen LogP contribution in [-0.2, 0) is 9.53 Å². The summed E-state index contributed by atoms with van der Waals surface area (Å²) >= 11 is 0. The Morgan fingerprint density at radius 1 is 1.44 bits per heavy atom. The maximum absolute atomic E-state index is 11.9. The number of nitrogens with two attached hydrogens (primary N) is 1. The van der Waals surface area contributed by atoms with E-state index in [-0.39, 0.29) is 17.6 Å². The Labute approximate surface area is 111 Å². The highest BCUT2D eigenvalue weighted by Gasteiger charge is 2.50. The molecule has 1 aliphatic rings. The summed E-state index contributed by atoms with van der Waals surface area (Å²) in [7, 11) is 0. The van der Waals surface area contributed by atoms with Crippen LogP contribution in [0.25, 0.3) is 0 Å². The van der Waals surface area contributed by atoms with Crippen molar-refractivity contribution in [3.05, 3.63) is 0 Å². The highest BCUT2D eigenvalue weighted by molar-refractivity contribution is 5.85. The number of nitrogens with one attached hydrogen (secondary N) is 1. The minimum Gasteiger partial charge on any atom is -0.373 e. The molecule has 1 unspecified atom stereocenters. The second-order valence-electron chi connectivity index (χ2n) is 6.31. The van der Waals surface area contributed by atoms with Gasteiger partial charge in [-0.15, -0.1) is 0 Å². The van der Waals surface area contributed by atoms with Gasteiger partial charge < -0.3 is 10.5 Å². The van der Waals surface area contributed by atoms with E-state index in [1.54, 1.807) is 0 Å². The van der Waals surface area contributed by atoms with E-state index in [1.165, 1.54) is 0 Å². The van der Waals surface area contributed by atoms with E-state index < -0.39 is 5.54 Å². The van der Waals surface area contributed by atoms with Crippen molar-refractivity contribution in [3.8, 4) is 0 Å². The van der Waals surface area contributed by atoms with Crippen LogP contribution < -0.4 is 11.1 Å². The van der Waals surface area contributed by atoms with Gasteiger partial charge in [0.25, 0.3) is 0 Å². The first-order valence-electron chi connectivity index (χ1n) is 6.95. The fourth-order valence-electron chi connectivity index (χ4n) is 2.12. The van der Waals surface area contributed by atoms with Gasteiger partial charge in [-0.2, -0.15) is 0 Å². The molecule has 0 aromatic carbocycles. The number of amides is 1. The summed E-state index contributed by atoms with van der Waals surface area (Å²) in [5, 5.41) is 3.35. The van der Waals surface area contributed by atoms with E-state index in [4.69, 9.17) is 10.5 Å². The molecule has 4 heteroatoms. The van der Waals surface area contributed by atoms with Crippen molar-refractivity contribution in [1.82, 2.24) is 5.32 Å². The lowest BCUT2D eigenvalue weighted by molar-refractivity contribution is -0.133. The Morgan fingerprint density at radius 3 is 2.33 bits per heavy atom. The van der Waals surface area contributed by atoms with Gasteiger partial charge in [0, 0.05) is 6.04 Å². The first-order chi connectivity index (χ1) is 8.23. The number of rotatable bonds is 8. The number of carbonyl (C=O) groups is 1. The van der Waals surface area contributed by atoms with Crippen LogP contribution in [0.15, 0.2) is 0 Å². The lowest BCUT2D eigenvalue weighted by Crippen LogP contribution is -2.63. The lowest BCUT2D eigenvalue weighted by Gasteiger charge is -2.37. The van der Waals surface area contributed by atoms with Crippen molar-refractivity contribution < 1.29 is 9.53 Å². The molecule has 1 rings (SSSR count). The zero-order chi connectivity index (χ0) is 14.0. The van der Waals surface area contributed by atoms with Crippen LogP contribution in [0.4, 0.5) is 0 Å². The van der Waals surface area contributed by atoms with Crippen molar-refractivity contribution in [3.63, 3.8) is 0 Å². The van der Waals surface area contributed by atoms with Crippen LogP contribution in [-0.4, -0.2) is 29.7 Å². The molecule has 1 fully saturated rings. The van der Waals surface area contributed by atoms with Gasteiger partial charge in [0.1, 0.15) is 5.54 Å². The second-order valence-corrected chi connectivity index (χ2v) is 6.31. The molecule has 1 aliphatic carbocycles. The zero-order valence-electron chi connectivity index (χ0n) is 12.4. The third-order valence-electron chi connectivity index (χ3n) is 3.80. The molecular weight excluding hydrogens is 228 g/mol. The minimum absolute atomic E-state index is 0.214. The van der Waals surface area contributed by atoms with Crippen molar-refractivity contribution in [2.45, 2.75) is 71.1 Å². The van der Waals surface area contributed by atoms with Crippen molar-refractivity contribution in [2.75, 3.05) is 6.61 Å². The van der Waals surface area contributed by atoms with Crippen molar-refractivity contribution >= 4 is 5.91 Å². The molecule has 1 amide bonds. The first kappa shape index (κ1) is 15.4. The van der Waals surface area contributed by atoms with E-state index >= 15 is 0 Å². The summed E-state index contributed by atoms with van der Waals surface area (Å²) in [4.78, 5) is 11.9. The minimum atomic E-state index is -0.694. The van der Waals surface area contributed by atoms with Crippen LogP contribution in [0.2, 0.25) is 0 Å². The van der Waals surface area contributed by atoms with Gasteiger partial charge in [-0.05, 0) is 52.9 Å². The molecule has 0 aromatic heterocycles. The molecule has 0 heterocycles. The topological polar surface area (TPSA) is 64.3 Å². The SMILES string of the molecule is CCC(C)(C)OCC(NC(C)C)(C(N)=O)C1CC1. The molecule has 0 radical (unpaired) electrons. The largest absolute Gasteiger partial charge is 0.373 e. The molecule has 0 aromatic rings. The van der Waals surface area contributed by atoms with Crippen LogP contribution in [0.5, 0.6) is 0 Å². The van der Waals surface area contributed by atoms with E-state index in [1.807, 2.05) is 27.7 Å². The van der Waals surface area contributed by atoms with Gasteiger partial charge >= 0.3 is 0 Å². The molecule has 1 saturated carbocycles. The van der Waals surface area contributed by atoms with Crippen LogP contribution in [0, 0.1) is 5.92 Å². The lowest BCUT2D eigenvalue weighted by atomic mass is 9.91. The van der Waals surface area contributed by atoms with E-state index in [0.29, 0.717) is 12.5 Å². The molecule has 18 heavy (non-hydrogen) atoms. The molecule has 0 bridgehead atoms. The maximum atomic E-state index is 11.9. The highest BCUT2D eigenvalue weighted by Crippen LogP contribution is 2.40. The standard InChI is InChI=1S/C14H28N2O2/c1-6-13(4,5)18-9-14(12(15)17,11-7-8-11)16-10(2)3/h10-11,16H,6-9H2,1-5H3,(H2,15,17). The third kappa shape index (κ3) is 3.69. The Morgan fingerprint density at radius 2 is 2.00 bits per heavy atom. The predicted octanol–water partition coefficient (Wildman–Crippen LogP) is 1.82. The molecule has 0 aliphatic heterocycles. The Kier molecular flexibility index (Phi) is 4.78. The number of carbonyl (C=O) groups excluding carboxylic acids is 1. The van der Waals surface area contributed by atoms with Gasteiger partial charge in [0.2, 0.25) is 5.91 Å². The number of ether oxygens (including phenoxy) is 1. The second kappa shape index (κ2) is 5.57.